The van der Waals surface area contributed by atoms with Gasteiger partial charge in [-0.15, -0.1) is 0 Å². The topological polar surface area (TPSA) is 51.8 Å². The number of hydrogen-bond donors (Lipinski definition) is 1. The van der Waals surface area contributed by atoms with Crippen molar-refractivity contribution in [1.82, 2.24) is 9.97 Å². The van der Waals surface area contributed by atoms with Crippen LogP contribution < -0.4 is 5.73 Å². The molecule has 0 saturated carbocycles. The van der Waals surface area contributed by atoms with Crippen molar-refractivity contribution < 1.29 is 8.78 Å². The molecular formula is C11H9F2N3. The Morgan fingerprint density at radius 3 is 2.44 bits per heavy atom. The molecule has 1 heterocycles. The van der Waals surface area contributed by atoms with E-state index in [1.807, 2.05) is 0 Å². The zero-order valence-electron chi connectivity index (χ0n) is 8.32. The second kappa shape index (κ2) is 4.32. The summed E-state index contributed by atoms with van der Waals surface area (Å²) in [6.45, 7) is 0.257. The van der Waals surface area contributed by atoms with Crippen molar-refractivity contribution >= 4 is 0 Å². The molecule has 0 aliphatic heterocycles. The van der Waals surface area contributed by atoms with Crippen molar-refractivity contribution in [1.29, 1.82) is 0 Å². The molecule has 1 aromatic carbocycles. The molecule has 16 heavy (non-hydrogen) atoms. The molecule has 0 radical (unpaired) electrons. The summed E-state index contributed by atoms with van der Waals surface area (Å²) < 4.78 is 26.0. The second-order valence-electron chi connectivity index (χ2n) is 3.23. The molecule has 0 bridgehead atoms. The molecule has 1 aromatic heterocycles. The lowest BCUT2D eigenvalue weighted by atomic mass is 10.2. The molecule has 2 rings (SSSR count). The van der Waals surface area contributed by atoms with Crippen LogP contribution in [0.25, 0.3) is 11.4 Å². The van der Waals surface area contributed by atoms with Crippen molar-refractivity contribution in [2.75, 3.05) is 0 Å². The van der Waals surface area contributed by atoms with Gasteiger partial charge in [0.1, 0.15) is 11.6 Å². The molecule has 0 fully saturated rings. The monoisotopic (exact) mass is 221 g/mol. The molecule has 0 spiro atoms. The lowest BCUT2D eigenvalue weighted by Gasteiger charge is -2.02. The molecule has 5 heteroatoms. The molecule has 0 unspecified atom stereocenters. The van der Waals surface area contributed by atoms with Crippen LogP contribution in [0.4, 0.5) is 8.78 Å². The molecule has 0 amide bonds. The van der Waals surface area contributed by atoms with E-state index < -0.39 is 11.6 Å². The van der Waals surface area contributed by atoms with Crippen molar-refractivity contribution in [2.45, 2.75) is 6.54 Å². The van der Waals surface area contributed by atoms with Gasteiger partial charge in [0.2, 0.25) is 0 Å². The van der Waals surface area contributed by atoms with Crippen LogP contribution in [0.15, 0.2) is 30.5 Å². The van der Waals surface area contributed by atoms with E-state index in [0.29, 0.717) is 11.3 Å². The molecule has 0 aliphatic rings. The summed E-state index contributed by atoms with van der Waals surface area (Å²) in [7, 11) is 0. The van der Waals surface area contributed by atoms with Gasteiger partial charge in [-0.05, 0) is 18.2 Å². The summed E-state index contributed by atoms with van der Waals surface area (Å²) in [6, 6.07) is 4.81. The van der Waals surface area contributed by atoms with E-state index in [1.54, 1.807) is 6.07 Å². The first-order valence-corrected chi connectivity index (χ1v) is 4.67. The second-order valence-corrected chi connectivity index (χ2v) is 3.23. The number of nitrogens with two attached hydrogens (primary N) is 1. The molecule has 0 atom stereocenters. The number of nitrogens with zero attached hydrogens (tertiary/aromatic N) is 2. The van der Waals surface area contributed by atoms with Crippen LogP contribution in [-0.2, 0) is 6.54 Å². The van der Waals surface area contributed by atoms with Gasteiger partial charge >= 0.3 is 0 Å². The third-order valence-electron chi connectivity index (χ3n) is 2.04. The first kappa shape index (κ1) is 10.6. The van der Waals surface area contributed by atoms with Gasteiger partial charge in [0.05, 0.1) is 5.69 Å². The van der Waals surface area contributed by atoms with Crippen LogP contribution >= 0.6 is 0 Å². The highest BCUT2D eigenvalue weighted by Gasteiger charge is 2.06. The predicted molar refractivity (Wildman–Crippen MR) is 55.3 cm³/mol. The van der Waals surface area contributed by atoms with E-state index in [9.17, 15) is 8.78 Å². The maximum absolute atomic E-state index is 13.0. The van der Waals surface area contributed by atoms with Crippen molar-refractivity contribution in [2.24, 2.45) is 5.73 Å². The summed E-state index contributed by atoms with van der Waals surface area (Å²) in [5.74, 6) is -1.05. The van der Waals surface area contributed by atoms with Crippen LogP contribution in [0.2, 0.25) is 0 Å². The summed E-state index contributed by atoms with van der Waals surface area (Å²) >= 11 is 0. The maximum atomic E-state index is 13.0. The summed E-state index contributed by atoms with van der Waals surface area (Å²) in [5, 5.41) is 0. The van der Waals surface area contributed by atoms with E-state index in [4.69, 9.17) is 5.73 Å². The van der Waals surface area contributed by atoms with Gasteiger partial charge in [-0.2, -0.15) is 0 Å². The Balaban J connectivity index is 2.49. The zero-order valence-corrected chi connectivity index (χ0v) is 8.32. The Labute approximate surface area is 91.0 Å². The van der Waals surface area contributed by atoms with Gasteiger partial charge in [0.25, 0.3) is 0 Å². The quantitative estimate of drug-likeness (QED) is 0.842. The van der Waals surface area contributed by atoms with Gasteiger partial charge < -0.3 is 5.73 Å². The van der Waals surface area contributed by atoms with Crippen LogP contribution in [0.3, 0.4) is 0 Å². The minimum atomic E-state index is -0.656. The largest absolute Gasteiger partial charge is 0.325 e. The molecule has 0 saturated heterocycles. The molecule has 0 aliphatic carbocycles. The Bertz CT molecular complexity index is 494. The number of benzene rings is 1. The lowest BCUT2D eigenvalue weighted by Crippen LogP contribution is -2.01. The molecular weight excluding hydrogens is 212 g/mol. The van der Waals surface area contributed by atoms with E-state index >= 15 is 0 Å². The van der Waals surface area contributed by atoms with E-state index in [-0.39, 0.29) is 12.4 Å². The molecule has 2 aromatic rings. The van der Waals surface area contributed by atoms with Crippen molar-refractivity contribution in [3.63, 3.8) is 0 Å². The summed E-state index contributed by atoms with van der Waals surface area (Å²) in [6.07, 6.45) is 1.51. The Morgan fingerprint density at radius 1 is 1.12 bits per heavy atom. The van der Waals surface area contributed by atoms with E-state index in [2.05, 4.69) is 9.97 Å². The minimum Gasteiger partial charge on any atom is -0.325 e. The highest BCUT2D eigenvalue weighted by molar-refractivity contribution is 5.54. The Kier molecular flexibility index (Phi) is 2.87. The Morgan fingerprint density at radius 2 is 1.81 bits per heavy atom. The van der Waals surface area contributed by atoms with Crippen LogP contribution in [-0.4, -0.2) is 9.97 Å². The SMILES string of the molecule is NCc1ccnc(-c2cc(F)cc(F)c2)n1. The fourth-order valence-corrected chi connectivity index (χ4v) is 1.33. The normalized spacial score (nSPS) is 10.4. The summed E-state index contributed by atoms with van der Waals surface area (Å²) in [4.78, 5) is 8.01. The van der Waals surface area contributed by atoms with Crippen LogP contribution in [0.5, 0.6) is 0 Å². The number of aromatic nitrogens is 2. The molecule has 2 N–H and O–H groups in total. The van der Waals surface area contributed by atoms with Gasteiger partial charge in [0, 0.05) is 24.4 Å². The van der Waals surface area contributed by atoms with Crippen LogP contribution in [0, 0.1) is 11.6 Å². The van der Waals surface area contributed by atoms with Gasteiger partial charge in [0.15, 0.2) is 5.82 Å². The van der Waals surface area contributed by atoms with E-state index in [0.717, 1.165) is 6.07 Å². The third kappa shape index (κ3) is 2.20. The van der Waals surface area contributed by atoms with Crippen molar-refractivity contribution in [3.05, 3.63) is 47.8 Å². The first-order chi connectivity index (χ1) is 7.69. The maximum Gasteiger partial charge on any atom is 0.159 e. The third-order valence-corrected chi connectivity index (χ3v) is 2.04. The number of hydrogen-bond acceptors (Lipinski definition) is 3. The molecule has 3 nitrogen and oxygen atoms in total. The standard InChI is InChI=1S/C11H9F2N3/c12-8-3-7(4-9(13)5-8)11-15-2-1-10(6-14)16-11/h1-5H,6,14H2. The van der Waals surface area contributed by atoms with Gasteiger partial charge in [-0.25, -0.2) is 18.7 Å². The zero-order chi connectivity index (χ0) is 11.5. The first-order valence-electron chi connectivity index (χ1n) is 4.67. The van der Waals surface area contributed by atoms with E-state index in [1.165, 1.54) is 18.3 Å². The van der Waals surface area contributed by atoms with Crippen LogP contribution in [0.1, 0.15) is 5.69 Å². The van der Waals surface area contributed by atoms with Gasteiger partial charge in [-0.1, -0.05) is 0 Å². The highest BCUT2D eigenvalue weighted by atomic mass is 19.1. The average molecular weight is 221 g/mol. The fraction of sp³-hybridized carbons (Fsp3) is 0.0909. The number of rotatable bonds is 2. The summed E-state index contributed by atoms with van der Waals surface area (Å²) in [5.41, 5.74) is 6.34. The lowest BCUT2D eigenvalue weighted by molar-refractivity contribution is 0.584. The smallest absolute Gasteiger partial charge is 0.159 e. The predicted octanol–water partition coefficient (Wildman–Crippen LogP) is 1.88. The van der Waals surface area contributed by atoms with Crippen molar-refractivity contribution in [3.8, 4) is 11.4 Å². The highest BCUT2D eigenvalue weighted by Crippen LogP contribution is 2.17. The Hall–Kier alpha value is -1.88. The van der Waals surface area contributed by atoms with Gasteiger partial charge in [-0.3, -0.25) is 0 Å². The minimum absolute atomic E-state index is 0.257. The average Bonchev–Trinajstić information content (AvgIpc) is 2.28. The number of halogens is 2. The fourth-order valence-electron chi connectivity index (χ4n) is 1.33. The molecule has 82 valence electrons.